The molecule has 0 amide bonds. The Morgan fingerprint density at radius 2 is 0.469 bits per heavy atom. The normalized spacial score (nSPS) is 11.8. The number of pyridine rings is 4. The summed E-state index contributed by atoms with van der Waals surface area (Å²) in [4.78, 5) is 17.0. The Labute approximate surface area is 609 Å². The molecule has 0 fully saturated rings. The van der Waals surface area contributed by atoms with Gasteiger partial charge in [0.1, 0.15) is 0 Å². The van der Waals surface area contributed by atoms with Crippen LogP contribution in [-0.4, -0.2) is 56.6 Å². The molecule has 0 N–H and O–H groups in total. The Kier molecular flexibility index (Phi) is 43.3. The van der Waals surface area contributed by atoms with E-state index in [0.29, 0.717) is 19.3 Å². The van der Waals surface area contributed by atoms with Gasteiger partial charge in [-0.15, -0.1) is 36.6 Å². The average molecular weight is 1660 g/mol. The third kappa shape index (κ3) is 36.1. The van der Waals surface area contributed by atoms with E-state index in [1.54, 1.807) is 39.0 Å². The van der Waals surface area contributed by atoms with Crippen molar-refractivity contribution < 1.29 is 70.8 Å². The summed E-state index contributed by atoms with van der Waals surface area (Å²) in [6.45, 7) is 15.7. The summed E-state index contributed by atoms with van der Waals surface area (Å²) in [5, 5.41) is 66.7. The second kappa shape index (κ2) is 50.7. The predicted octanol–water partition coefficient (Wildman–Crippen LogP) is 14.4. The first-order valence-electron chi connectivity index (χ1n) is 32.7. The molecule has 0 radical (unpaired) electrons. The predicted molar refractivity (Wildman–Crippen MR) is 387 cm³/mol. The first-order valence-corrected chi connectivity index (χ1v) is 32.7. The van der Waals surface area contributed by atoms with Gasteiger partial charge in [-0.3, -0.25) is 19.9 Å². The van der Waals surface area contributed by atoms with Crippen LogP contribution < -0.4 is 30.6 Å². The van der Waals surface area contributed by atoms with Crippen molar-refractivity contribution in [3.8, 4) is 45.0 Å². The van der Waals surface area contributed by atoms with Crippen molar-refractivity contribution in [1.82, 2.24) is 19.9 Å². The minimum atomic E-state index is -0.745. The molecule has 6 unspecified atom stereocenters. The van der Waals surface area contributed by atoms with E-state index in [1.807, 2.05) is 243 Å². The standard InChI is InChI=1S/3C14H18O2.4C11H9N.2Ir/c3*1-3-12-4-6-13(7-5-12)8-9-14(16)10-11(2)15;4*1-2-6-10(7-3-1)11-8-4-5-9-12-11;;/h3*3-7,11,14H,1,8-10H2,2H3;4*1-9H;;/q3*-2;;;;;2*+3. The Balaban J connectivity index is 0.000000298. The first-order chi connectivity index (χ1) is 46.7. The number of hydrogen-bond donors (Lipinski definition) is 0. The zero-order valence-corrected chi connectivity index (χ0v) is 61.1. The molecule has 12 heteroatoms. The van der Waals surface area contributed by atoms with E-state index in [4.69, 9.17) is 0 Å². The second-order valence-corrected chi connectivity index (χ2v) is 22.8. The minimum Gasteiger partial charge on any atom is -0.852 e. The van der Waals surface area contributed by atoms with Crippen molar-refractivity contribution in [2.24, 2.45) is 0 Å². The quantitative estimate of drug-likeness (QED) is 0.0631. The maximum Gasteiger partial charge on any atom is 3.00 e. The Morgan fingerprint density at radius 3 is 0.633 bits per heavy atom. The first kappa shape index (κ1) is 83.6. The van der Waals surface area contributed by atoms with Gasteiger partial charge in [-0.2, -0.15) is 0 Å². The van der Waals surface area contributed by atoms with Gasteiger partial charge in [-0.1, -0.05) is 316 Å². The van der Waals surface area contributed by atoms with Gasteiger partial charge in [0.25, 0.3) is 0 Å². The number of benzene rings is 7. The molecule has 4 aromatic heterocycles. The van der Waals surface area contributed by atoms with Crippen molar-refractivity contribution in [3.63, 3.8) is 0 Å². The minimum absolute atomic E-state index is 0. The summed E-state index contributed by atoms with van der Waals surface area (Å²) < 4.78 is 0. The van der Waals surface area contributed by atoms with Crippen LogP contribution in [-0.2, 0) is 59.5 Å². The van der Waals surface area contributed by atoms with Crippen molar-refractivity contribution in [1.29, 1.82) is 0 Å². The molecule has 0 saturated heterocycles. The third-order valence-corrected chi connectivity index (χ3v) is 14.6. The van der Waals surface area contributed by atoms with Crippen LogP contribution in [0.2, 0.25) is 0 Å². The summed E-state index contributed by atoms with van der Waals surface area (Å²) in [5.74, 6) is 0. The van der Waals surface area contributed by atoms with Crippen LogP contribution in [0.1, 0.15) is 92.7 Å². The molecule has 6 atom stereocenters. The van der Waals surface area contributed by atoms with Gasteiger partial charge in [0.05, 0.1) is 22.8 Å². The zero-order valence-electron chi connectivity index (χ0n) is 56.3. The van der Waals surface area contributed by atoms with E-state index < -0.39 is 36.6 Å². The van der Waals surface area contributed by atoms with Gasteiger partial charge >= 0.3 is 40.2 Å². The molecule has 0 spiro atoms. The Morgan fingerprint density at radius 1 is 0.276 bits per heavy atom. The molecule has 98 heavy (non-hydrogen) atoms. The van der Waals surface area contributed by atoms with Gasteiger partial charge in [0, 0.05) is 47.0 Å². The van der Waals surface area contributed by atoms with E-state index in [-0.39, 0.29) is 59.5 Å². The molecule has 0 saturated carbocycles. The van der Waals surface area contributed by atoms with Crippen LogP contribution >= 0.6 is 0 Å². The molecule has 0 bridgehead atoms. The molecule has 11 rings (SSSR count). The third-order valence-electron chi connectivity index (χ3n) is 14.6. The van der Waals surface area contributed by atoms with Crippen LogP contribution in [0.25, 0.3) is 63.3 Å². The molecular weight excluding hydrogens is 1570 g/mol. The fourth-order valence-corrected chi connectivity index (χ4v) is 9.48. The van der Waals surface area contributed by atoms with Crippen molar-refractivity contribution >= 4 is 18.2 Å². The molecule has 0 aliphatic heterocycles. The molecule has 7 aromatic carbocycles. The van der Waals surface area contributed by atoms with Crippen molar-refractivity contribution in [2.45, 2.75) is 115 Å². The van der Waals surface area contributed by atoms with Crippen molar-refractivity contribution in [3.05, 3.63) is 345 Å². The number of aryl methyl sites for hydroxylation is 3. The fraction of sp³-hybridized carbons (Fsp3) is 0.209. The van der Waals surface area contributed by atoms with Gasteiger partial charge < -0.3 is 30.6 Å². The summed E-state index contributed by atoms with van der Waals surface area (Å²) in [7, 11) is 0. The molecule has 0 aliphatic carbocycles. The number of rotatable bonds is 22. The maximum atomic E-state index is 11.4. The number of nitrogens with zero attached hydrogens (tertiary/aromatic N) is 4. The molecular formula is C86H90Ir2N4O6. The second-order valence-electron chi connectivity index (χ2n) is 22.8. The van der Waals surface area contributed by atoms with Gasteiger partial charge in [0.2, 0.25) is 0 Å². The smallest absolute Gasteiger partial charge is 0.852 e. The molecule has 11 aromatic rings. The monoisotopic (exact) mass is 1660 g/mol. The zero-order chi connectivity index (χ0) is 68.8. The topological polar surface area (TPSA) is 190 Å². The van der Waals surface area contributed by atoms with E-state index in [0.717, 1.165) is 97.7 Å². The van der Waals surface area contributed by atoms with Gasteiger partial charge in [-0.25, -0.2) is 0 Å². The summed E-state index contributed by atoms with van der Waals surface area (Å²) in [6.07, 6.45) is 12.7. The SMILES string of the molecule is C=Cc1ccc(CCC([O-])CC(C)[O-])cc1.C=Cc1ccc(CCC([O-])CC(C)[O-])cc1.C=Cc1ccc(CCC([O-])CC(C)[O-])cc1.[Ir+3].[Ir+3].c1ccc(-c2ccccn2)cc1.c1ccc(-c2ccccn2)cc1.c1ccc(-c2ccccn2)cc1.c1ccc(-c2ccccn2)cc1. The van der Waals surface area contributed by atoms with E-state index in [1.165, 1.54) is 0 Å². The molecule has 10 nitrogen and oxygen atoms in total. The van der Waals surface area contributed by atoms with Crippen LogP contribution in [0.5, 0.6) is 0 Å². The van der Waals surface area contributed by atoms with Gasteiger partial charge in [0.15, 0.2) is 0 Å². The molecule has 4 heterocycles. The van der Waals surface area contributed by atoms with Crippen LogP contribution in [0.4, 0.5) is 0 Å². The average Bonchev–Trinajstić information content (AvgIpc) is 1.21. The number of aromatic nitrogens is 4. The fourth-order valence-electron chi connectivity index (χ4n) is 9.48. The van der Waals surface area contributed by atoms with Crippen LogP contribution in [0.3, 0.4) is 0 Å². The van der Waals surface area contributed by atoms with E-state index in [2.05, 4.69) is 88.2 Å². The largest absolute Gasteiger partial charge is 3.00 e. The van der Waals surface area contributed by atoms with E-state index >= 15 is 0 Å². The molecule has 508 valence electrons. The Bertz CT molecular complexity index is 3120. The van der Waals surface area contributed by atoms with E-state index in [9.17, 15) is 30.6 Å². The Hall–Kier alpha value is -8.58. The van der Waals surface area contributed by atoms with Crippen LogP contribution in [0.15, 0.2) is 311 Å². The number of hydrogen-bond acceptors (Lipinski definition) is 10. The summed E-state index contributed by atoms with van der Waals surface area (Å²) in [6, 6.07) is 88.3. The van der Waals surface area contributed by atoms with Crippen LogP contribution in [0, 0.1) is 0 Å². The maximum absolute atomic E-state index is 11.4. The summed E-state index contributed by atoms with van der Waals surface area (Å²) >= 11 is 0. The summed E-state index contributed by atoms with van der Waals surface area (Å²) in [5.41, 5.74) is 15.4. The molecule has 0 aliphatic rings. The van der Waals surface area contributed by atoms with Crippen molar-refractivity contribution in [2.75, 3.05) is 0 Å². The van der Waals surface area contributed by atoms with Gasteiger partial charge in [-0.05, 0) is 101 Å².